The van der Waals surface area contributed by atoms with E-state index in [1.54, 1.807) is 4.90 Å². The van der Waals surface area contributed by atoms with Crippen LogP contribution in [0.3, 0.4) is 0 Å². The van der Waals surface area contributed by atoms with Gasteiger partial charge >= 0.3 is 12.1 Å². The molecule has 29 heavy (non-hydrogen) atoms. The standard InChI is InChI=1S/C22H30ClN3O3/c1-22(2,3)29-21(28)26-13-9-16-7-8-19(23)18(17(16)10-14-26)6-4-5-12-25-15-11-24-20(25)27/h4,6-8H,5,9-15H2,1-3H3,(H,24,27). The SMILES string of the molecule is CC(C)(C)OC(=O)N1CCc2ccc(Cl)c(C=CCCN3CCNC3=O)c2CC1. The van der Waals surface area contributed by atoms with Gasteiger partial charge in [-0.2, -0.15) is 0 Å². The number of ether oxygens (including phenoxy) is 1. The number of amides is 3. The van der Waals surface area contributed by atoms with E-state index < -0.39 is 5.60 Å². The van der Waals surface area contributed by atoms with Crippen molar-refractivity contribution in [1.29, 1.82) is 0 Å². The van der Waals surface area contributed by atoms with Gasteiger partial charge in [-0.15, -0.1) is 0 Å². The first-order valence-electron chi connectivity index (χ1n) is 10.2. The Hall–Kier alpha value is -2.21. The molecule has 0 aliphatic carbocycles. The quantitative estimate of drug-likeness (QED) is 0.799. The third-order valence-electron chi connectivity index (χ3n) is 5.13. The van der Waals surface area contributed by atoms with Gasteiger partial charge in [-0.05, 0) is 62.8 Å². The summed E-state index contributed by atoms with van der Waals surface area (Å²) in [5, 5.41) is 3.52. The molecular weight excluding hydrogens is 390 g/mol. The maximum Gasteiger partial charge on any atom is 0.410 e. The zero-order valence-corrected chi connectivity index (χ0v) is 18.2. The minimum atomic E-state index is -0.500. The predicted molar refractivity (Wildman–Crippen MR) is 115 cm³/mol. The molecule has 0 radical (unpaired) electrons. The van der Waals surface area contributed by atoms with Gasteiger partial charge in [-0.3, -0.25) is 0 Å². The largest absolute Gasteiger partial charge is 0.444 e. The Morgan fingerprint density at radius 2 is 2.00 bits per heavy atom. The van der Waals surface area contributed by atoms with Crippen LogP contribution < -0.4 is 5.32 Å². The average Bonchev–Trinajstić information content (AvgIpc) is 2.92. The molecule has 1 aromatic carbocycles. The predicted octanol–water partition coefficient (Wildman–Crippen LogP) is 4.10. The van der Waals surface area contributed by atoms with E-state index >= 15 is 0 Å². The molecule has 0 atom stereocenters. The molecule has 1 N–H and O–H groups in total. The van der Waals surface area contributed by atoms with Gasteiger partial charge in [0.15, 0.2) is 0 Å². The Morgan fingerprint density at radius 3 is 2.69 bits per heavy atom. The van der Waals surface area contributed by atoms with Crippen molar-refractivity contribution < 1.29 is 14.3 Å². The van der Waals surface area contributed by atoms with E-state index in [2.05, 4.69) is 23.5 Å². The summed E-state index contributed by atoms with van der Waals surface area (Å²) in [6.45, 7) is 9.06. The van der Waals surface area contributed by atoms with E-state index in [1.165, 1.54) is 11.1 Å². The van der Waals surface area contributed by atoms with Gasteiger partial charge in [0.25, 0.3) is 0 Å². The zero-order chi connectivity index (χ0) is 21.0. The second kappa shape index (κ2) is 9.08. The van der Waals surface area contributed by atoms with Crippen LogP contribution in [0.1, 0.15) is 43.9 Å². The number of rotatable bonds is 4. The summed E-state index contributed by atoms with van der Waals surface area (Å²) in [5.41, 5.74) is 2.93. The van der Waals surface area contributed by atoms with Crippen LogP contribution in [-0.4, -0.2) is 60.2 Å². The lowest BCUT2D eigenvalue weighted by Crippen LogP contribution is -2.38. The summed E-state index contributed by atoms with van der Waals surface area (Å²) < 4.78 is 5.53. The number of carbonyl (C=O) groups excluding carboxylic acids is 2. The molecule has 1 aromatic rings. The first kappa shape index (κ1) is 21.5. The van der Waals surface area contributed by atoms with Gasteiger partial charge in [-0.25, -0.2) is 9.59 Å². The Balaban J connectivity index is 1.67. The highest BCUT2D eigenvalue weighted by atomic mass is 35.5. The molecule has 0 aromatic heterocycles. The van der Waals surface area contributed by atoms with Crippen LogP contribution in [0.4, 0.5) is 9.59 Å². The summed E-state index contributed by atoms with van der Waals surface area (Å²) in [7, 11) is 0. The van der Waals surface area contributed by atoms with Crippen molar-refractivity contribution in [2.24, 2.45) is 0 Å². The van der Waals surface area contributed by atoms with Crippen molar-refractivity contribution in [2.75, 3.05) is 32.7 Å². The normalized spacial score (nSPS) is 17.3. The Morgan fingerprint density at radius 1 is 1.24 bits per heavy atom. The van der Waals surface area contributed by atoms with Crippen molar-refractivity contribution in [3.05, 3.63) is 39.9 Å². The molecular formula is C22H30ClN3O3. The lowest BCUT2D eigenvalue weighted by molar-refractivity contribution is 0.0258. The topological polar surface area (TPSA) is 61.9 Å². The van der Waals surface area contributed by atoms with E-state index in [0.29, 0.717) is 31.2 Å². The molecule has 1 fully saturated rings. The summed E-state index contributed by atoms with van der Waals surface area (Å²) in [5.74, 6) is 0. The highest BCUT2D eigenvalue weighted by molar-refractivity contribution is 6.32. The molecule has 7 heteroatoms. The third kappa shape index (κ3) is 5.66. The Bertz CT molecular complexity index is 801. The van der Waals surface area contributed by atoms with E-state index in [-0.39, 0.29) is 12.1 Å². The molecule has 0 unspecified atom stereocenters. The van der Waals surface area contributed by atoms with Gasteiger partial charge in [0, 0.05) is 37.7 Å². The minimum absolute atomic E-state index is 0.00671. The van der Waals surface area contributed by atoms with Crippen LogP contribution >= 0.6 is 11.6 Å². The summed E-state index contributed by atoms with van der Waals surface area (Å²) in [6.07, 6.45) is 6.15. The van der Waals surface area contributed by atoms with Crippen molar-refractivity contribution in [3.63, 3.8) is 0 Å². The lowest BCUT2D eigenvalue weighted by atomic mass is 9.96. The van der Waals surface area contributed by atoms with Gasteiger partial charge in [0.1, 0.15) is 5.60 Å². The minimum Gasteiger partial charge on any atom is -0.444 e. The summed E-state index contributed by atoms with van der Waals surface area (Å²) in [6, 6.07) is 3.99. The number of hydrogen-bond acceptors (Lipinski definition) is 3. The van der Waals surface area contributed by atoms with E-state index in [4.69, 9.17) is 16.3 Å². The molecule has 2 heterocycles. The van der Waals surface area contributed by atoms with Crippen LogP contribution in [0.2, 0.25) is 5.02 Å². The lowest BCUT2D eigenvalue weighted by Gasteiger charge is -2.26. The first-order valence-corrected chi connectivity index (χ1v) is 10.6. The molecule has 0 spiro atoms. The molecule has 0 bridgehead atoms. The molecule has 158 valence electrons. The number of halogens is 1. The van der Waals surface area contributed by atoms with Gasteiger partial charge in [-0.1, -0.05) is 29.8 Å². The van der Waals surface area contributed by atoms with Gasteiger partial charge in [0.05, 0.1) is 0 Å². The number of nitrogens with zero attached hydrogens (tertiary/aromatic N) is 2. The smallest absolute Gasteiger partial charge is 0.410 e. The number of hydrogen-bond donors (Lipinski definition) is 1. The molecule has 0 saturated carbocycles. The number of nitrogens with one attached hydrogen (secondary N) is 1. The maximum absolute atomic E-state index is 12.5. The first-order chi connectivity index (χ1) is 13.7. The summed E-state index contributed by atoms with van der Waals surface area (Å²) >= 11 is 6.50. The number of carbonyl (C=O) groups is 2. The van der Waals surface area contributed by atoms with Crippen LogP contribution in [-0.2, 0) is 17.6 Å². The molecule has 2 aliphatic rings. The average molecular weight is 420 g/mol. The Labute approximate surface area is 177 Å². The number of benzene rings is 1. The summed E-state index contributed by atoms with van der Waals surface area (Å²) in [4.78, 5) is 27.7. The molecule has 2 aliphatic heterocycles. The fourth-order valence-electron chi connectivity index (χ4n) is 3.67. The van der Waals surface area contributed by atoms with Crippen molar-refractivity contribution in [2.45, 2.75) is 45.6 Å². The molecule has 3 rings (SSSR count). The second-order valence-electron chi connectivity index (χ2n) is 8.48. The van der Waals surface area contributed by atoms with Crippen molar-refractivity contribution >= 4 is 29.8 Å². The maximum atomic E-state index is 12.5. The second-order valence-corrected chi connectivity index (χ2v) is 8.88. The fourth-order valence-corrected chi connectivity index (χ4v) is 3.91. The molecule has 3 amide bonds. The van der Waals surface area contributed by atoms with Crippen LogP contribution in [0, 0.1) is 0 Å². The Kier molecular flexibility index (Phi) is 6.73. The van der Waals surface area contributed by atoms with Crippen LogP contribution in [0.25, 0.3) is 6.08 Å². The monoisotopic (exact) mass is 419 g/mol. The van der Waals surface area contributed by atoms with Crippen LogP contribution in [0.15, 0.2) is 18.2 Å². The van der Waals surface area contributed by atoms with Crippen molar-refractivity contribution in [3.8, 4) is 0 Å². The molecule has 1 saturated heterocycles. The van der Waals surface area contributed by atoms with Crippen molar-refractivity contribution in [1.82, 2.24) is 15.1 Å². The highest BCUT2D eigenvalue weighted by Crippen LogP contribution is 2.28. The van der Waals surface area contributed by atoms with E-state index in [0.717, 1.165) is 31.4 Å². The third-order valence-corrected chi connectivity index (χ3v) is 5.46. The van der Waals surface area contributed by atoms with Crippen LogP contribution in [0.5, 0.6) is 0 Å². The number of fused-ring (bicyclic) bond motifs is 1. The molecule has 6 nitrogen and oxygen atoms in total. The van der Waals surface area contributed by atoms with E-state index in [9.17, 15) is 9.59 Å². The number of urea groups is 1. The van der Waals surface area contributed by atoms with Gasteiger partial charge < -0.3 is 19.9 Å². The van der Waals surface area contributed by atoms with Gasteiger partial charge in [0.2, 0.25) is 0 Å². The highest BCUT2D eigenvalue weighted by Gasteiger charge is 2.25. The van der Waals surface area contributed by atoms with E-state index in [1.807, 2.05) is 31.7 Å². The fraction of sp³-hybridized carbons (Fsp3) is 0.545. The zero-order valence-electron chi connectivity index (χ0n) is 17.5.